The van der Waals surface area contributed by atoms with Crippen molar-refractivity contribution < 1.29 is 9.66 Å². The Labute approximate surface area is 105 Å². The van der Waals surface area contributed by atoms with Gasteiger partial charge in [0, 0.05) is 6.07 Å². The highest BCUT2D eigenvalue weighted by atomic mass is 16.6. The Morgan fingerprint density at radius 1 is 1.61 bits per heavy atom. The Bertz CT molecular complexity index is 496. The molecule has 1 aromatic carbocycles. The number of nitriles is 1. The van der Waals surface area contributed by atoms with E-state index in [0.717, 1.165) is 5.56 Å². The van der Waals surface area contributed by atoms with Gasteiger partial charge in [0.25, 0.3) is 0 Å². The zero-order valence-electron chi connectivity index (χ0n) is 10.6. The van der Waals surface area contributed by atoms with E-state index in [-0.39, 0.29) is 18.0 Å². The number of aryl methyl sites for hydroxylation is 1. The van der Waals surface area contributed by atoms with E-state index in [1.165, 1.54) is 6.07 Å². The Balaban J connectivity index is 2.92. The van der Waals surface area contributed by atoms with Crippen LogP contribution in [0.4, 0.5) is 5.69 Å². The summed E-state index contributed by atoms with van der Waals surface area (Å²) in [5, 5.41) is 22.6. The van der Waals surface area contributed by atoms with Crippen LogP contribution in [0.2, 0.25) is 0 Å². The number of nitrogens with one attached hydrogen (secondary N) is 1. The maximum absolute atomic E-state index is 10.9. The molecule has 0 heterocycles. The first-order valence-electron chi connectivity index (χ1n) is 5.40. The molecule has 1 rings (SSSR count). The number of nitrogens with zero attached hydrogens (tertiary/aromatic N) is 2. The highest BCUT2D eigenvalue weighted by Crippen LogP contribution is 2.28. The Hall–Kier alpha value is -2.13. The highest BCUT2D eigenvalue weighted by molar-refractivity contribution is 5.48. The second kappa shape index (κ2) is 5.47. The van der Waals surface area contributed by atoms with Crippen LogP contribution in [-0.4, -0.2) is 24.1 Å². The average Bonchev–Trinajstić information content (AvgIpc) is 2.36. The zero-order valence-corrected chi connectivity index (χ0v) is 10.6. The third-order valence-electron chi connectivity index (χ3n) is 2.63. The standard InChI is InChI=1S/C12H15N3O3/c1-9-4-5-11(10(6-9)15(16)17)18-8-12(2,7-13)14-3/h4-6,14H,8H2,1-3H3. The second-order valence-corrected chi connectivity index (χ2v) is 4.21. The fourth-order valence-corrected chi connectivity index (χ4v) is 1.27. The summed E-state index contributed by atoms with van der Waals surface area (Å²) < 4.78 is 5.37. The van der Waals surface area contributed by atoms with E-state index in [1.807, 2.05) is 0 Å². The molecule has 0 amide bonds. The van der Waals surface area contributed by atoms with Gasteiger partial charge in [0.2, 0.25) is 0 Å². The summed E-state index contributed by atoms with van der Waals surface area (Å²) in [5.41, 5.74) is -0.184. The van der Waals surface area contributed by atoms with Gasteiger partial charge < -0.3 is 4.74 Å². The molecule has 0 bridgehead atoms. The van der Waals surface area contributed by atoms with Crippen LogP contribution in [0.3, 0.4) is 0 Å². The summed E-state index contributed by atoms with van der Waals surface area (Å²) in [6.45, 7) is 3.46. The molecule has 0 saturated carbocycles. The summed E-state index contributed by atoms with van der Waals surface area (Å²) in [6, 6.07) is 6.77. The lowest BCUT2D eigenvalue weighted by atomic mass is 10.1. The molecule has 1 N–H and O–H groups in total. The molecule has 6 heteroatoms. The molecule has 6 nitrogen and oxygen atoms in total. The molecule has 1 unspecified atom stereocenters. The quantitative estimate of drug-likeness (QED) is 0.634. The minimum absolute atomic E-state index is 0.0316. The third kappa shape index (κ3) is 3.18. The second-order valence-electron chi connectivity index (χ2n) is 4.21. The zero-order chi connectivity index (χ0) is 13.8. The van der Waals surface area contributed by atoms with Crippen molar-refractivity contribution in [2.45, 2.75) is 19.4 Å². The Morgan fingerprint density at radius 2 is 2.28 bits per heavy atom. The summed E-state index contributed by atoms with van der Waals surface area (Å²) in [7, 11) is 1.64. The summed E-state index contributed by atoms with van der Waals surface area (Å²) in [5.74, 6) is 0.169. The van der Waals surface area contributed by atoms with Gasteiger partial charge in [0.15, 0.2) is 5.75 Å². The smallest absolute Gasteiger partial charge is 0.311 e. The van der Waals surface area contributed by atoms with E-state index in [0.29, 0.717) is 0 Å². The largest absolute Gasteiger partial charge is 0.484 e. The van der Waals surface area contributed by atoms with Gasteiger partial charge in [0.05, 0.1) is 11.0 Å². The van der Waals surface area contributed by atoms with Crippen molar-refractivity contribution in [3.8, 4) is 11.8 Å². The summed E-state index contributed by atoms with van der Waals surface area (Å²) in [4.78, 5) is 10.4. The van der Waals surface area contributed by atoms with Crippen LogP contribution in [0.5, 0.6) is 5.75 Å². The molecular formula is C12H15N3O3. The Morgan fingerprint density at radius 3 is 2.78 bits per heavy atom. The van der Waals surface area contributed by atoms with Crippen molar-refractivity contribution in [3.63, 3.8) is 0 Å². The third-order valence-corrected chi connectivity index (χ3v) is 2.63. The SMILES string of the molecule is CNC(C)(C#N)COc1ccc(C)cc1[N+](=O)[O-]. The lowest BCUT2D eigenvalue weighted by Crippen LogP contribution is -2.43. The van der Waals surface area contributed by atoms with Crippen LogP contribution in [0, 0.1) is 28.4 Å². The lowest BCUT2D eigenvalue weighted by molar-refractivity contribution is -0.385. The predicted molar refractivity (Wildman–Crippen MR) is 66.4 cm³/mol. The molecule has 0 fully saturated rings. The molecule has 0 aliphatic carbocycles. The van der Waals surface area contributed by atoms with E-state index < -0.39 is 10.5 Å². The minimum Gasteiger partial charge on any atom is -0.484 e. The van der Waals surface area contributed by atoms with Crippen LogP contribution < -0.4 is 10.1 Å². The van der Waals surface area contributed by atoms with E-state index in [9.17, 15) is 10.1 Å². The molecule has 0 aliphatic rings. The fraction of sp³-hybridized carbons (Fsp3) is 0.417. The van der Waals surface area contributed by atoms with Gasteiger partial charge in [0.1, 0.15) is 12.1 Å². The number of nitro benzene ring substituents is 1. The summed E-state index contributed by atoms with van der Waals surface area (Å²) >= 11 is 0. The molecule has 1 atom stereocenters. The molecular weight excluding hydrogens is 234 g/mol. The number of nitro groups is 1. The fourth-order valence-electron chi connectivity index (χ4n) is 1.27. The normalized spacial score (nSPS) is 13.4. The first kappa shape index (κ1) is 13.9. The molecule has 0 aliphatic heterocycles. The van der Waals surface area contributed by atoms with Crippen molar-refractivity contribution in [1.82, 2.24) is 5.32 Å². The number of hydrogen-bond donors (Lipinski definition) is 1. The van der Waals surface area contributed by atoms with Crippen LogP contribution in [0.15, 0.2) is 18.2 Å². The molecule has 0 saturated heterocycles. The molecule has 0 aromatic heterocycles. The number of hydrogen-bond acceptors (Lipinski definition) is 5. The maximum atomic E-state index is 10.9. The van der Waals surface area contributed by atoms with Crippen molar-refractivity contribution in [3.05, 3.63) is 33.9 Å². The van der Waals surface area contributed by atoms with Gasteiger partial charge in [-0.15, -0.1) is 0 Å². The van der Waals surface area contributed by atoms with Gasteiger partial charge >= 0.3 is 5.69 Å². The van der Waals surface area contributed by atoms with Crippen molar-refractivity contribution >= 4 is 5.69 Å². The van der Waals surface area contributed by atoms with Gasteiger partial charge in [-0.2, -0.15) is 5.26 Å². The first-order valence-corrected chi connectivity index (χ1v) is 5.40. The van der Waals surface area contributed by atoms with Crippen molar-refractivity contribution in [2.24, 2.45) is 0 Å². The van der Waals surface area contributed by atoms with Crippen LogP contribution in [-0.2, 0) is 0 Å². The van der Waals surface area contributed by atoms with E-state index >= 15 is 0 Å². The lowest BCUT2D eigenvalue weighted by Gasteiger charge is -2.20. The van der Waals surface area contributed by atoms with Crippen molar-refractivity contribution in [1.29, 1.82) is 5.26 Å². The first-order chi connectivity index (χ1) is 8.41. The number of rotatable bonds is 5. The maximum Gasteiger partial charge on any atom is 0.311 e. The van der Waals surface area contributed by atoms with Crippen LogP contribution >= 0.6 is 0 Å². The Kier molecular flexibility index (Phi) is 4.23. The molecule has 0 radical (unpaired) electrons. The molecule has 0 spiro atoms. The van der Waals surface area contributed by atoms with Crippen LogP contribution in [0.1, 0.15) is 12.5 Å². The van der Waals surface area contributed by atoms with Gasteiger partial charge in [-0.05, 0) is 32.5 Å². The number of ether oxygens (including phenoxy) is 1. The summed E-state index contributed by atoms with van der Waals surface area (Å²) in [6.07, 6.45) is 0. The van der Waals surface area contributed by atoms with Gasteiger partial charge in [-0.25, -0.2) is 0 Å². The van der Waals surface area contributed by atoms with E-state index in [2.05, 4.69) is 11.4 Å². The molecule has 18 heavy (non-hydrogen) atoms. The average molecular weight is 249 g/mol. The topological polar surface area (TPSA) is 88.2 Å². The predicted octanol–water partition coefficient (Wildman–Crippen LogP) is 1.78. The minimum atomic E-state index is -0.876. The van der Waals surface area contributed by atoms with E-state index in [1.54, 1.807) is 33.0 Å². The van der Waals surface area contributed by atoms with Gasteiger partial charge in [-0.1, -0.05) is 6.07 Å². The van der Waals surface area contributed by atoms with Crippen molar-refractivity contribution in [2.75, 3.05) is 13.7 Å². The number of likely N-dealkylation sites (N-methyl/N-ethyl adjacent to an activating group) is 1. The van der Waals surface area contributed by atoms with E-state index in [4.69, 9.17) is 10.00 Å². The highest BCUT2D eigenvalue weighted by Gasteiger charge is 2.24. The number of benzene rings is 1. The molecule has 1 aromatic rings. The van der Waals surface area contributed by atoms with Crippen LogP contribution in [0.25, 0.3) is 0 Å². The monoisotopic (exact) mass is 249 g/mol. The molecule has 96 valence electrons. The van der Waals surface area contributed by atoms with Gasteiger partial charge in [-0.3, -0.25) is 15.4 Å².